The highest BCUT2D eigenvalue weighted by molar-refractivity contribution is 6.14. The highest BCUT2D eigenvalue weighted by Crippen LogP contribution is 2.19. The highest BCUT2D eigenvalue weighted by atomic mass is 16.6. The second kappa shape index (κ2) is 34.7. The minimum absolute atomic E-state index is 0.105. The molecule has 5 amide bonds. The molecule has 0 aromatic heterocycles. The van der Waals surface area contributed by atoms with Gasteiger partial charge in [0.25, 0.3) is 11.8 Å². The van der Waals surface area contributed by atoms with Gasteiger partial charge in [0.2, 0.25) is 17.7 Å². The lowest BCUT2D eigenvalue weighted by Crippen LogP contribution is -2.41. The Morgan fingerprint density at radius 1 is 0.603 bits per heavy atom. The Morgan fingerprint density at radius 2 is 1.17 bits per heavy atom. The van der Waals surface area contributed by atoms with Gasteiger partial charge >= 0.3 is 5.97 Å². The zero-order valence-electron chi connectivity index (χ0n) is 37.0. The van der Waals surface area contributed by atoms with Crippen LogP contribution in [-0.4, -0.2) is 148 Å². The summed E-state index contributed by atoms with van der Waals surface area (Å²) in [7, 11) is 0. The van der Waals surface area contributed by atoms with Crippen molar-refractivity contribution in [1.29, 1.82) is 0 Å². The molecule has 0 saturated heterocycles. The first-order valence-electron chi connectivity index (χ1n) is 22.3. The van der Waals surface area contributed by atoms with E-state index in [0.29, 0.717) is 97.9 Å². The average Bonchev–Trinajstić information content (AvgIpc) is 3.57. The molecule has 0 fully saturated rings. The number of imide groups is 1. The summed E-state index contributed by atoms with van der Waals surface area (Å²) in [6, 6.07) is 5.74. The van der Waals surface area contributed by atoms with Crippen LogP contribution < -0.4 is 16.0 Å². The van der Waals surface area contributed by atoms with Crippen molar-refractivity contribution in [3.8, 4) is 5.75 Å². The number of phenols is 1. The van der Waals surface area contributed by atoms with Crippen LogP contribution in [0.15, 0.2) is 36.4 Å². The second-order valence-electron chi connectivity index (χ2n) is 15.2. The molecule has 63 heavy (non-hydrogen) atoms. The molecular weight excluding hydrogens is 821 g/mol. The number of unbranched alkanes of at least 4 members (excludes halogenated alkanes) is 5. The molecule has 5 N–H and O–H groups in total. The first-order valence-corrected chi connectivity index (χ1v) is 22.3. The quantitative estimate of drug-likeness (QED) is 0.0470. The smallest absolute Gasteiger partial charge is 0.306 e. The molecule has 0 unspecified atom stereocenters. The molecule has 0 radical (unpaired) electrons. The Kier molecular flexibility index (Phi) is 30.0. The number of ketones is 1. The Labute approximate surface area is 371 Å². The molecule has 1 aromatic carbocycles. The monoisotopic (exact) mass is 890 g/mol. The van der Waals surface area contributed by atoms with Crippen LogP contribution in [0.4, 0.5) is 0 Å². The van der Waals surface area contributed by atoms with Crippen LogP contribution in [-0.2, 0) is 63.7 Å². The highest BCUT2D eigenvalue weighted by Gasteiger charge is 2.26. The van der Waals surface area contributed by atoms with Gasteiger partial charge in [-0.2, -0.15) is 0 Å². The third-order valence-electron chi connectivity index (χ3n) is 9.95. The molecule has 18 nitrogen and oxygen atoms in total. The van der Waals surface area contributed by atoms with E-state index in [1.807, 2.05) is 0 Å². The van der Waals surface area contributed by atoms with E-state index < -0.39 is 35.7 Å². The van der Waals surface area contributed by atoms with Crippen molar-refractivity contribution in [2.24, 2.45) is 5.92 Å². The lowest BCUT2D eigenvalue weighted by atomic mass is 9.92. The summed E-state index contributed by atoms with van der Waals surface area (Å²) in [6.45, 7) is 5.79. The Bertz CT molecular complexity index is 1520. The van der Waals surface area contributed by atoms with Gasteiger partial charge in [0.1, 0.15) is 12.3 Å². The van der Waals surface area contributed by atoms with E-state index >= 15 is 0 Å². The predicted octanol–water partition coefficient (Wildman–Crippen LogP) is 3.02. The number of benzene rings is 1. The lowest BCUT2D eigenvalue weighted by molar-refractivity contribution is -0.142. The third-order valence-corrected chi connectivity index (χ3v) is 9.95. The molecule has 1 aliphatic rings. The van der Waals surface area contributed by atoms with Crippen LogP contribution in [0.3, 0.4) is 0 Å². The van der Waals surface area contributed by atoms with E-state index in [9.17, 15) is 43.8 Å². The molecule has 2 rings (SSSR count). The van der Waals surface area contributed by atoms with Gasteiger partial charge in [-0.1, -0.05) is 44.7 Å². The Hall–Kier alpha value is -4.75. The van der Waals surface area contributed by atoms with Crippen LogP contribution in [0.2, 0.25) is 0 Å². The minimum Gasteiger partial charge on any atom is -0.508 e. The first-order chi connectivity index (χ1) is 30.5. The molecule has 1 aromatic rings. The van der Waals surface area contributed by atoms with Crippen molar-refractivity contribution in [2.75, 3.05) is 85.7 Å². The number of carboxylic acids is 1. The summed E-state index contributed by atoms with van der Waals surface area (Å²) >= 11 is 0. The lowest BCUT2D eigenvalue weighted by Gasteiger charge is -2.19. The predicted molar refractivity (Wildman–Crippen MR) is 232 cm³/mol. The van der Waals surface area contributed by atoms with Crippen LogP contribution in [0, 0.1) is 5.92 Å². The van der Waals surface area contributed by atoms with E-state index in [-0.39, 0.29) is 68.9 Å². The van der Waals surface area contributed by atoms with E-state index in [1.54, 1.807) is 12.1 Å². The second-order valence-corrected chi connectivity index (χ2v) is 15.2. The number of phenolic OH excluding ortho intramolecular Hbond substituents is 1. The number of ether oxygens (including phenoxy) is 5. The van der Waals surface area contributed by atoms with E-state index in [1.165, 1.54) is 12.1 Å². The van der Waals surface area contributed by atoms with Crippen molar-refractivity contribution in [3.05, 3.63) is 42.0 Å². The fourth-order valence-electron chi connectivity index (χ4n) is 6.38. The molecule has 0 bridgehead atoms. The Balaban J connectivity index is 1.48. The Morgan fingerprint density at radius 3 is 1.78 bits per heavy atom. The standard InChI is InChI=1S/C45H70N4O14/c1-2-3-4-5-6-13-41(53)48-38(39(51)12-9-10-36(45(57)58)33-35-14-16-37(50)17-15-35)11-7-8-21-46-40(52)20-23-59-25-27-61-29-31-63-32-30-62-28-26-60-24-22-47-42(54)34-49-43(55)18-19-44(49)56/h14-19,36,38,50H,2-13,20-34H2,1H3,(H,46,52)(H,47,54)(H,48,53)(H,57,58)/t36-,38-/m0/s1. The number of aliphatic carboxylic acids is 1. The number of hydrogen-bond donors (Lipinski definition) is 5. The van der Waals surface area contributed by atoms with Crippen molar-refractivity contribution in [3.63, 3.8) is 0 Å². The number of nitrogens with zero attached hydrogens (tertiary/aromatic N) is 1. The molecular formula is C45H70N4O14. The summed E-state index contributed by atoms with van der Waals surface area (Å²) in [5, 5.41) is 27.6. The van der Waals surface area contributed by atoms with Gasteiger partial charge in [-0.25, -0.2) is 0 Å². The maximum absolute atomic E-state index is 13.3. The summed E-state index contributed by atoms with van der Waals surface area (Å²) in [6.07, 6.45) is 10.5. The molecule has 354 valence electrons. The van der Waals surface area contributed by atoms with Gasteiger partial charge in [-0.15, -0.1) is 0 Å². The maximum atomic E-state index is 13.3. The largest absolute Gasteiger partial charge is 0.508 e. The number of carbonyl (C=O) groups is 7. The fourth-order valence-corrected chi connectivity index (χ4v) is 6.38. The SMILES string of the molecule is CCCCCCCC(=O)N[C@@H](CCCCNC(=O)CCOCCOCCOCCOCCOCCNC(=O)CN1C(=O)C=CC1=O)C(=O)CCC[C@@H](Cc1ccc(O)cc1)C(=O)O. The summed E-state index contributed by atoms with van der Waals surface area (Å²) < 4.78 is 27.2. The average molecular weight is 891 g/mol. The minimum atomic E-state index is -0.945. The summed E-state index contributed by atoms with van der Waals surface area (Å²) in [5.74, 6) is -3.43. The number of nitrogens with one attached hydrogen (secondary N) is 3. The molecule has 0 spiro atoms. The van der Waals surface area contributed by atoms with E-state index in [0.717, 1.165) is 54.7 Å². The van der Waals surface area contributed by atoms with Gasteiger partial charge in [-0.05, 0) is 62.6 Å². The number of aromatic hydroxyl groups is 1. The molecule has 0 aliphatic carbocycles. The van der Waals surface area contributed by atoms with Crippen molar-refractivity contribution in [2.45, 2.75) is 103 Å². The maximum Gasteiger partial charge on any atom is 0.306 e. The van der Waals surface area contributed by atoms with Crippen LogP contribution in [0.1, 0.15) is 96.0 Å². The van der Waals surface area contributed by atoms with Crippen molar-refractivity contribution < 1.29 is 67.5 Å². The zero-order chi connectivity index (χ0) is 45.9. The van der Waals surface area contributed by atoms with Gasteiger partial charge in [-0.3, -0.25) is 38.5 Å². The number of rotatable bonds is 40. The molecule has 2 atom stereocenters. The normalized spacial score (nSPS) is 13.3. The molecule has 18 heteroatoms. The van der Waals surface area contributed by atoms with Gasteiger partial charge < -0.3 is 49.8 Å². The van der Waals surface area contributed by atoms with Gasteiger partial charge in [0, 0.05) is 44.5 Å². The summed E-state index contributed by atoms with van der Waals surface area (Å²) in [4.78, 5) is 85.9. The fraction of sp³-hybridized carbons (Fsp3) is 0.667. The first kappa shape index (κ1) is 54.4. The van der Waals surface area contributed by atoms with Crippen molar-refractivity contribution in [1.82, 2.24) is 20.9 Å². The zero-order valence-corrected chi connectivity index (χ0v) is 37.0. The molecule has 1 aliphatic heterocycles. The van der Waals surface area contributed by atoms with Crippen LogP contribution >= 0.6 is 0 Å². The number of amides is 5. The van der Waals surface area contributed by atoms with E-state index in [2.05, 4.69) is 22.9 Å². The van der Waals surface area contributed by atoms with Gasteiger partial charge in [0.05, 0.1) is 78.0 Å². The molecule has 0 saturated carbocycles. The van der Waals surface area contributed by atoms with Crippen LogP contribution in [0.25, 0.3) is 0 Å². The van der Waals surface area contributed by atoms with Crippen LogP contribution in [0.5, 0.6) is 5.75 Å². The molecule has 1 heterocycles. The number of Topliss-reactive ketones (excluding diaryl/α,β-unsaturated/α-hetero) is 1. The number of hydrogen-bond acceptors (Lipinski definition) is 13. The van der Waals surface area contributed by atoms with Gasteiger partial charge in [0.15, 0.2) is 5.78 Å². The van der Waals surface area contributed by atoms with E-state index in [4.69, 9.17) is 23.7 Å². The summed E-state index contributed by atoms with van der Waals surface area (Å²) in [5.41, 5.74) is 0.787. The third kappa shape index (κ3) is 27.1. The van der Waals surface area contributed by atoms with Crippen molar-refractivity contribution >= 4 is 41.3 Å². The topological polar surface area (TPSA) is 245 Å². The number of carbonyl (C=O) groups excluding carboxylic acids is 6. The number of carboxylic acid groups (broad SMARTS) is 1.